The topological polar surface area (TPSA) is 69.0 Å². The van der Waals surface area contributed by atoms with E-state index in [2.05, 4.69) is 20.0 Å². The van der Waals surface area contributed by atoms with Crippen molar-refractivity contribution in [1.82, 2.24) is 14.5 Å². The summed E-state index contributed by atoms with van der Waals surface area (Å²) < 4.78 is 6.58. The van der Waals surface area contributed by atoms with Crippen LogP contribution in [0.1, 0.15) is 17.4 Å². The molecule has 2 aromatic heterocycles. The second-order valence-corrected chi connectivity index (χ2v) is 4.69. The van der Waals surface area contributed by atoms with Crippen molar-refractivity contribution >= 4 is 22.4 Å². The Bertz CT molecular complexity index is 509. The average molecular weight is 266 g/mol. The number of esters is 1. The highest BCUT2D eigenvalue weighted by Gasteiger charge is 2.12. The van der Waals surface area contributed by atoms with Crippen LogP contribution in [0.25, 0.3) is 0 Å². The van der Waals surface area contributed by atoms with E-state index in [0.717, 1.165) is 6.54 Å². The fraction of sp³-hybridized carbons (Fsp3) is 0.364. The maximum Gasteiger partial charge on any atom is 0.357 e. The molecule has 6 nitrogen and oxygen atoms in total. The van der Waals surface area contributed by atoms with Gasteiger partial charge >= 0.3 is 5.97 Å². The van der Waals surface area contributed by atoms with E-state index < -0.39 is 5.97 Å². The lowest BCUT2D eigenvalue weighted by atomic mass is 10.3. The number of nitrogens with one attached hydrogen (secondary N) is 1. The number of aromatic nitrogens is 3. The van der Waals surface area contributed by atoms with Gasteiger partial charge in [-0.15, -0.1) is 11.3 Å². The van der Waals surface area contributed by atoms with Crippen LogP contribution in [-0.4, -0.2) is 33.7 Å². The molecule has 0 aliphatic rings. The molecule has 0 saturated heterocycles. The molecule has 0 aromatic carbocycles. The normalized spacial score (nSPS) is 12.1. The highest BCUT2D eigenvalue weighted by molar-refractivity contribution is 7.13. The summed E-state index contributed by atoms with van der Waals surface area (Å²) in [5.74, 6) is -0.415. The summed E-state index contributed by atoms with van der Waals surface area (Å²) in [6, 6.07) is 0.191. The lowest BCUT2D eigenvalue weighted by Gasteiger charge is -2.12. The van der Waals surface area contributed by atoms with E-state index in [-0.39, 0.29) is 6.04 Å². The van der Waals surface area contributed by atoms with Crippen molar-refractivity contribution in [2.45, 2.75) is 19.5 Å². The minimum Gasteiger partial charge on any atom is -0.464 e. The molecule has 2 heterocycles. The first-order valence-electron chi connectivity index (χ1n) is 5.45. The molecule has 0 bridgehead atoms. The van der Waals surface area contributed by atoms with E-state index >= 15 is 0 Å². The van der Waals surface area contributed by atoms with E-state index in [0.29, 0.717) is 10.8 Å². The van der Waals surface area contributed by atoms with Crippen molar-refractivity contribution in [3.8, 4) is 0 Å². The summed E-state index contributed by atoms with van der Waals surface area (Å²) in [5, 5.41) is 5.62. The Morgan fingerprint density at radius 3 is 3.17 bits per heavy atom. The van der Waals surface area contributed by atoms with Crippen LogP contribution in [0, 0.1) is 0 Å². The molecule has 1 atom stereocenters. The van der Waals surface area contributed by atoms with Crippen LogP contribution in [0.2, 0.25) is 0 Å². The maximum absolute atomic E-state index is 11.3. The highest BCUT2D eigenvalue weighted by atomic mass is 32.1. The molecule has 0 spiro atoms. The predicted molar refractivity (Wildman–Crippen MR) is 68.8 cm³/mol. The van der Waals surface area contributed by atoms with Crippen molar-refractivity contribution in [3.05, 3.63) is 29.8 Å². The zero-order valence-electron chi connectivity index (χ0n) is 10.2. The molecule has 2 rings (SSSR count). The number of hydrogen-bond acceptors (Lipinski definition) is 6. The Labute approximate surface area is 109 Å². The number of carbonyl (C=O) groups is 1. The van der Waals surface area contributed by atoms with Gasteiger partial charge < -0.3 is 14.6 Å². The standard InChI is InChI=1S/C11H14N4O2S/c1-8(5-15-4-3-12-7-15)13-11-14-9(6-18-11)10(16)17-2/h3-4,6-8H,5H2,1-2H3,(H,13,14). The summed E-state index contributed by atoms with van der Waals surface area (Å²) in [6.07, 6.45) is 5.41. The van der Waals surface area contributed by atoms with Crippen LogP contribution in [-0.2, 0) is 11.3 Å². The maximum atomic E-state index is 11.3. The van der Waals surface area contributed by atoms with Gasteiger partial charge in [-0.1, -0.05) is 0 Å². The Morgan fingerprint density at radius 1 is 1.67 bits per heavy atom. The number of methoxy groups -OCH3 is 1. The van der Waals surface area contributed by atoms with Crippen LogP contribution < -0.4 is 5.32 Å². The summed E-state index contributed by atoms with van der Waals surface area (Å²) in [7, 11) is 1.34. The highest BCUT2D eigenvalue weighted by Crippen LogP contribution is 2.17. The Balaban J connectivity index is 1.92. The van der Waals surface area contributed by atoms with Gasteiger partial charge in [0.25, 0.3) is 0 Å². The summed E-state index contributed by atoms with van der Waals surface area (Å²) in [5.41, 5.74) is 0.333. The molecular weight excluding hydrogens is 252 g/mol. The summed E-state index contributed by atoms with van der Waals surface area (Å²) >= 11 is 1.39. The fourth-order valence-electron chi connectivity index (χ4n) is 1.51. The summed E-state index contributed by atoms with van der Waals surface area (Å²) in [6.45, 7) is 2.83. The first-order valence-corrected chi connectivity index (χ1v) is 6.33. The quantitative estimate of drug-likeness (QED) is 0.833. The first-order chi connectivity index (χ1) is 8.69. The third-order valence-corrected chi connectivity index (χ3v) is 3.09. The van der Waals surface area contributed by atoms with Crippen LogP contribution in [0.4, 0.5) is 5.13 Å². The number of thiazole rings is 1. The lowest BCUT2D eigenvalue weighted by Crippen LogP contribution is -2.21. The van der Waals surface area contributed by atoms with Crippen LogP contribution in [0.5, 0.6) is 0 Å². The van der Waals surface area contributed by atoms with Crippen molar-refractivity contribution in [1.29, 1.82) is 0 Å². The van der Waals surface area contributed by atoms with Crippen molar-refractivity contribution < 1.29 is 9.53 Å². The molecule has 0 amide bonds. The molecule has 18 heavy (non-hydrogen) atoms. The average Bonchev–Trinajstić information content (AvgIpc) is 2.99. The number of hydrogen-bond donors (Lipinski definition) is 1. The van der Waals surface area contributed by atoms with Gasteiger partial charge in [0.05, 0.1) is 13.4 Å². The van der Waals surface area contributed by atoms with Gasteiger partial charge in [-0.3, -0.25) is 0 Å². The van der Waals surface area contributed by atoms with Crippen LogP contribution in [0.15, 0.2) is 24.1 Å². The predicted octanol–water partition coefficient (Wildman–Crippen LogP) is 1.63. The molecule has 0 aliphatic carbocycles. The molecule has 0 fully saturated rings. The van der Waals surface area contributed by atoms with E-state index in [1.165, 1.54) is 18.4 Å². The summed E-state index contributed by atoms with van der Waals surface area (Å²) in [4.78, 5) is 19.4. The van der Waals surface area contributed by atoms with Gasteiger partial charge in [0.15, 0.2) is 10.8 Å². The van der Waals surface area contributed by atoms with E-state index in [1.54, 1.807) is 17.9 Å². The molecule has 7 heteroatoms. The molecule has 1 unspecified atom stereocenters. The number of ether oxygens (including phenoxy) is 1. The third-order valence-electron chi connectivity index (χ3n) is 2.31. The van der Waals surface area contributed by atoms with Crippen molar-refractivity contribution in [3.63, 3.8) is 0 Å². The Morgan fingerprint density at radius 2 is 2.50 bits per heavy atom. The van der Waals surface area contributed by atoms with Gasteiger partial charge in [-0.05, 0) is 6.92 Å². The van der Waals surface area contributed by atoms with E-state index in [9.17, 15) is 4.79 Å². The van der Waals surface area contributed by atoms with Gasteiger partial charge in [0, 0.05) is 30.4 Å². The molecule has 0 radical (unpaired) electrons. The molecule has 0 saturated carbocycles. The molecule has 2 aromatic rings. The van der Waals surface area contributed by atoms with Crippen LogP contribution >= 0.6 is 11.3 Å². The van der Waals surface area contributed by atoms with Crippen molar-refractivity contribution in [2.75, 3.05) is 12.4 Å². The lowest BCUT2D eigenvalue weighted by molar-refractivity contribution is 0.0595. The van der Waals surface area contributed by atoms with Crippen molar-refractivity contribution in [2.24, 2.45) is 0 Å². The monoisotopic (exact) mass is 266 g/mol. The van der Waals surface area contributed by atoms with E-state index in [4.69, 9.17) is 0 Å². The minimum absolute atomic E-state index is 0.191. The van der Waals surface area contributed by atoms with Crippen LogP contribution in [0.3, 0.4) is 0 Å². The third kappa shape index (κ3) is 3.07. The number of nitrogens with zero attached hydrogens (tertiary/aromatic N) is 3. The minimum atomic E-state index is -0.415. The van der Waals surface area contributed by atoms with Gasteiger partial charge in [-0.2, -0.15) is 0 Å². The zero-order valence-corrected chi connectivity index (χ0v) is 11.0. The number of rotatable bonds is 5. The zero-order chi connectivity index (χ0) is 13.0. The second-order valence-electron chi connectivity index (χ2n) is 3.83. The smallest absolute Gasteiger partial charge is 0.357 e. The van der Waals surface area contributed by atoms with Gasteiger partial charge in [0.2, 0.25) is 0 Å². The molecular formula is C11H14N4O2S. The largest absolute Gasteiger partial charge is 0.464 e. The van der Waals surface area contributed by atoms with E-state index in [1.807, 2.05) is 17.7 Å². The second kappa shape index (κ2) is 5.63. The van der Waals surface area contributed by atoms with Gasteiger partial charge in [0.1, 0.15) is 0 Å². The Kier molecular flexibility index (Phi) is 3.93. The number of carbonyl (C=O) groups excluding carboxylic acids is 1. The number of imidazole rings is 1. The molecule has 1 N–H and O–H groups in total. The molecule has 0 aliphatic heterocycles. The Hall–Kier alpha value is -1.89. The SMILES string of the molecule is COC(=O)c1csc(NC(C)Cn2ccnc2)n1. The fourth-order valence-corrected chi connectivity index (χ4v) is 2.30. The number of anilines is 1. The first kappa shape index (κ1) is 12.6. The van der Waals surface area contributed by atoms with Gasteiger partial charge in [-0.25, -0.2) is 14.8 Å². The molecule has 96 valence electrons.